The van der Waals surface area contributed by atoms with Crippen LogP contribution in [0.3, 0.4) is 0 Å². The Kier molecular flexibility index (Phi) is 2.29. The van der Waals surface area contributed by atoms with E-state index in [2.05, 4.69) is 26.2 Å². The minimum absolute atomic E-state index is 0.675. The lowest BCUT2D eigenvalue weighted by Crippen LogP contribution is -2.01. The van der Waals surface area contributed by atoms with E-state index in [1.165, 1.54) is 0 Å². The van der Waals surface area contributed by atoms with Gasteiger partial charge in [0, 0.05) is 36.4 Å². The molecule has 20 heavy (non-hydrogen) atoms. The predicted molar refractivity (Wildman–Crippen MR) is 75.1 cm³/mol. The van der Waals surface area contributed by atoms with Gasteiger partial charge in [0.2, 0.25) is 0 Å². The summed E-state index contributed by atoms with van der Waals surface area (Å²) in [6, 6.07) is 6.01. The fourth-order valence-corrected chi connectivity index (χ4v) is 2.35. The Morgan fingerprint density at radius 3 is 3.00 bits per heavy atom. The largest absolute Gasteiger partial charge is 0.265 e. The van der Waals surface area contributed by atoms with Crippen molar-refractivity contribution in [1.29, 1.82) is 0 Å². The quantitative estimate of drug-likeness (QED) is 0.553. The van der Waals surface area contributed by atoms with Gasteiger partial charge in [-0.1, -0.05) is 0 Å². The first kappa shape index (κ1) is 11.1. The molecule has 6 heteroatoms. The summed E-state index contributed by atoms with van der Waals surface area (Å²) in [5, 5.41) is 10.7. The fourth-order valence-electron chi connectivity index (χ4n) is 2.35. The molecule has 0 radical (unpaired) electrons. The highest BCUT2D eigenvalue weighted by Gasteiger charge is 2.05. The van der Waals surface area contributed by atoms with Gasteiger partial charge < -0.3 is 0 Å². The van der Waals surface area contributed by atoms with Gasteiger partial charge in [-0.15, -0.1) is 0 Å². The Bertz CT molecular complexity index is 871. The van der Waals surface area contributed by atoms with Gasteiger partial charge in [-0.3, -0.25) is 9.36 Å². The summed E-state index contributed by atoms with van der Waals surface area (Å²) in [4.78, 5) is 8.67. The van der Waals surface area contributed by atoms with Crippen molar-refractivity contribution in [2.24, 2.45) is 7.05 Å². The van der Waals surface area contributed by atoms with E-state index in [1.807, 2.05) is 42.5 Å². The number of hydrogen-bond donors (Lipinski definition) is 0. The summed E-state index contributed by atoms with van der Waals surface area (Å²) in [5.41, 5.74) is 2.75. The van der Waals surface area contributed by atoms with Gasteiger partial charge in [0.25, 0.3) is 0 Å². The van der Waals surface area contributed by atoms with Gasteiger partial charge in [-0.05, 0) is 23.8 Å². The highest BCUT2D eigenvalue weighted by molar-refractivity contribution is 5.75. The number of nitrogens with zero attached hydrogens (tertiary/aromatic N) is 6. The zero-order chi connectivity index (χ0) is 13.5. The van der Waals surface area contributed by atoms with E-state index in [0.717, 1.165) is 27.6 Å². The lowest BCUT2D eigenvalue weighted by atomic mass is 10.2. The topological polar surface area (TPSA) is 61.4 Å². The van der Waals surface area contributed by atoms with E-state index in [1.54, 1.807) is 10.9 Å². The maximum absolute atomic E-state index is 4.45. The molecular formula is C14H12N6. The highest BCUT2D eigenvalue weighted by atomic mass is 15.3. The summed E-state index contributed by atoms with van der Waals surface area (Å²) in [5.74, 6) is 0. The highest BCUT2D eigenvalue weighted by Crippen LogP contribution is 2.14. The van der Waals surface area contributed by atoms with Crippen LogP contribution < -0.4 is 0 Å². The summed E-state index contributed by atoms with van der Waals surface area (Å²) in [7, 11) is 1.89. The van der Waals surface area contributed by atoms with Crippen molar-refractivity contribution in [2.75, 3.05) is 0 Å². The fraction of sp³-hybridized carbons (Fsp3) is 0.143. The molecule has 0 aromatic carbocycles. The molecule has 4 aromatic heterocycles. The molecular weight excluding hydrogens is 252 g/mol. The van der Waals surface area contributed by atoms with Crippen LogP contribution in [-0.4, -0.2) is 29.5 Å². The summed E-state index contributed by atoms with van der Waals surface area (Å²) in [6.07, 6.45) is 7.44. The van der Waals surface area contributed by atoms with Crippen molar-refractivity contribution < 1.29 is 0 Å². The maximum Gasteiger partial charge on any atom is 0.181 e. The minimum atomic E-state index is 0.675. The molecule has 98 valence electrons. The number of rotatable bonds is 2. The molecule has 0 atom stereocenters. The molecule has 0 unspecified atom stereocenters. The SMILES string of the molecule is Cn1ncc2cc(Cn3cc4cccnc4n3)cnc21. The normalized spacial score (nSPS) is 11.4. The lowest BCUT2D eigenvalue weighted by Gasteiger charge is -2.01. The zero-order valence-electron chi connectivity index (χ0n) is 10.9. The molecule has 0 N–H and O–H groups in total. The molecule has 0 saturated carbocycles. The zero-order valence-corrected chi connectivity index (χ0v) is 10.9. The van der Waals surface area contributed by atoms with Crippen LogP contribution in [0.4, 0.5) is 0 Å². The van der Waals surface area contributed by atoms with Crippen LogP contribution in [-0.2, 0) is 13.6 Å². The monoisotopic (exact) mass is 264 g/mol. The third kappa shape index (κ3) is 1.73. The molecule has 0 spiro atoms. The van der Waals surface area contributed by atoms with Crippen LogP contribution in [0.5, 0.6) is 0 Å². The van der Waals surface area contributed by atoms with Crippen molar-refractivity contribution in [3.8, 4) is 0 Å². The second-order valence-corrected chi connectivity index (χ2v) is 4.77. The average molecular weight is 264 g/mol. The summed E-state index contributed by atoms with van der Waals surface area (Å²) < 4.78 is 3.65. The van der Waals surface area contributed by atoms with Crippen LogP contribution in [0, 0.1) is 0 Å². The Morgan fingerprint density at radius 1 is 1.15 bits per heavy atom. The van der Waals surface area contributed by atoms with Gasteiger partial charge in [0.05, 0.1) is 12.7 Å². The van der Waals surface area contributed by atoms with Crippen LogP contribution in [0.2, 0.25) is 0 Å². The number of hydrogen-bond acceptors (Lipinski definition) is 4. The third-order valence-electron chi connectivity index (χ3n) is 3.30. The molecule has 0 aliphatic carbocycles. The molecule has 0 saturated heterocycles. The van der Waals surface area contributed by atoms with Crippen LogP contribution >= 0.6 is 0 Å². The standard InChI is InChI=1S/C14H12N6/c1-19-14-12(7-17-19)5-10(6-16-14)8-20-9-11-3-2-4-15-13(11)18-20/h2-7,9H,8H2,1H3. The van der Waals surface area contributed by atoms with E-state index >= 15 is 0 Å². The first-order chi connectivity index (χ1) is 9.79. The average Bonchev–Trinajstić information content (AvgIpc) is 3.02. The second-order valence-electron chi connectivity index (χ2n) is 4.77. The molecule has 4 heterocycles. The van der Waals surface area contributed by atoms with Crippen LogP contribution in [0.1, 0.15) is 5.56 Å². The van der Waals surface area contributed by atoms with Crippen molar-refractivity contribution >= 4 is 22.1 Å². The number of fused-ring (bicyclic) bond motifs is 2. The van der Waals surface area contributed by atoms with Gasteiger partial charge in [0.15, 0.2) is 11.3 Å². The van der Waals surface area contributed by atoms with Crippen molar-refractivity contribution in [3.63, 3.8) is 0 Å². The molecule has 0 aliphatic rings. The van der Waals surface area contributed by atoms with E-state index < -0.39 is 0 Å². The van der Waals surface area contributed by atoms with E-state index in [4.69, 9.17) is 0 Å². The van der Waals surface area contributed by atoms with E-state index in [0.29, 0.717) is 6.54 Å². The molecule has 0 fully saturated rings. The van der Waals surface area contributed by atoms with Crippen LogP contribution in [0.15, 0.2) is 43.0 Å². The molecule has 0 aliphatic heterocycles. The first-order valence-electron chi connectivity index (χ1n) is 6.34. The third-order valence-corrected chi connectivity index (χ3v) is 3.30. The molecule has 0 amide bonds. The minimum Gasteiger partial charge on any atom is -0.265 e. The van der Waals surface area contributed by atoms with E-state index in [9.17, 15) is 0 Å². The Balaban J connectivity index is 1.72. The Morgan fingerprint density at radius 2 is 2.10 bits per heavy atom. The van der Waals surface area contributed by atoms with Gasteiger partial charge in [0.1, 0.15) is 0 Å². The second kappa shape index (κ2) is 4.12. The Hall–Kier alpha value is -2.76. The van der Waals surface area contributed by atoms with Gasteiger partial charge in [-0.25, -0.2) is 9.97 Å². The summed E-state index contributed by atoms with van der Waals surface area (Å²) >= 11 is 0. The number of pyridine rings is 2. The van der Waals surface area contributed by atoms with E-state index in [-0.39, 0.29) is 0 Å². The van der Waals surface area contributed by atoms with Crippen molar-refractivity contribution in [3.05, 3.63) is 48.5 Å². The molecule has 4 aromatic rings. The Labute approximate surface area is 114 Å². The molecule has 4 rings (SSSR count). The number of aryl methyl sites for hydroxylation is 1. The predicted octanol–water partition coefficient (Wildman–Crippen LogP) is 1.76. The van der Waals surface area contributed by atoms with Gasteiger partial charge >= 0.3 is 0 Å². The van der Waals surface area contributed by atoms with Gasteiger partial charge in [-0.2, -0.15) is 10.2 Å². The van der Waals surface area contributed by atoms with Crippen LogP contribution in [0.25, 0.3) is 22.1 Å². The molecule has 0 bridgehead atoms. The first-order valence-corrected chi connectivity index (χ1v) is 6.34. The maximum atomic E-state index is 4.45. The lowest BCUT2D eigenvalue weighted by molar-refractivity contribution is 0.691. The smallest absolute Gasteiger partial charge is 0.181 e. The molecule has 6 nitrogen and oxygen atoms in total. The summed E-state index contributed by atoms with van der Waals surface area (Å²) in [6.45, 7) is 0.675. The number of aromatic nitrogens is 6. The van der Waals surface area contributed by atoms with Crippen molar-refractivity contribution in [2.45, 2.75) is 6.54 Å². The van der Waals surface area contributed by atoms with Crippen molar-refractivity contribution in [1.82, 2.24) is 29.5 Å².